The van der Waals surface area contributed by atoms with Crippen molar-refractivity contribution in [3.63, 3.8) is 0 Å². The summed E-state index contributed by atoms with van der Waals surface area (Å²) in [5.74, 6) is 0. The molecule has 17 heavy (non-hydrogen) atoms. The van der Waals surface area contributed by atoms with Gasteiger partial charge < -0.3 is 15.7 Å². The number of nitrogens with zero attached hydrogens (tertiary/aromatic N) is 1. The monoisotopic (exact) mass is 298 g/mol. The van der Waals surface area contributed by atoms with Crippen LogP contribution in [0.5, 0.6) is 0 Å². The highest BCUT2D eigenvalue weighted by atomic mass is 79.9. The van der Waals surface area contributed by atoms with Gasteiger partial charge in [-0.3, -0.25) is 0 Å². The minimum atomic E-state index is 0.00226. The van der Waals surface area contributed by atoms with E-state index in [1.807, 2.05) is 13.0 Å². The molecule has 4 heteroatoms. The van der Waals surface area contributed by atoms with Crippen LogP contribution < -0.4 is 10.6 Å². The van der Waals surface area contributed by atoms with E-state index in [4.69, 9.17) is 5.73 Å². The number of anilines is 1. The number of hydrogen-bond acceptors (Lipinski definition) is 3. The van der Waals surface area contributed by atoms with Gasteiger partial charge in [-0.15, -0.1) is 0 Å². The van der Waals surface area contributed by atoms with E-state index in [0.29, 0.717) is 12.6 Å². The third-order valence-corrected chi connectivity index (χ3v) is 3.61. The van der Waals surface area contributed by atoms with Gasteiger partial charge in [0.05, 0.1) is 6.61 Å². The number of aliphatic hydroxyl groups is 1. The van der Waals surface area contributed by atoms with E-state index in [9.17, 15) is 5.11 Å². The summed E-state index contributed by atoms with van der Waals surface area (Å²) in [6.07, 6.45) is 2.43. The Morgan fingerprint density at radius 2 is 2.24 bits per heavy atom. The molecule has 0 spiro atoms. The molecule has 0 aliphatic heterocycles. The van der Waals surface area contributed by atoms with Crippen LogP contribution in [-0.2, 0) is 0 Å². The van der Waals surface area contributed by atoms with E-state index < -0.39 is 0 Å². The van der Waals surface area contributed by atoms with Gasteiger partial charge in [0.25, 0.3) is 0 Å². The van der Waals surface area contributed by atoms with Crippen LogP contribution >= 0.6 is 15.9 Å². The van der Waals surface area contributed by atoms with Crippen LogP contribution in [0.1, 0.15) is 31.4 Å². The molecule has 2 rings (SSSR count). The Bertz CT molecular complexity index is 391. The molecule has 1 unspecified atom stereocenters. The molecule has 94 valence electrons. The molecule has 3 nitrogen and oxygen atoms in total. The molecule has 0 amide bonds. The number of nitrogens with two attached hydrogens (primary N) is 1. The fourth-order valence-electron chi connectivity index (χ4n) is 2.15. The van der Waals surface area contributed by atoms with E-state index in [-0.39, 0.29) is 12.6 Å². The van der Waals surface area contributed by atoms with Crippen molar-refractivity contribution < 1.29 is 5.11 Å². The molecule has 0 aromatic heterocycles. The molecule has 1 aromatic carbocycles. The summed E-state index contributed by atoms with van der Waals surface area (Å²) in [5.41, 5.74) is 8.33. The molecule has 1 saturated carbocycles. The number of rotatable bonds is 5. The molecule has 1 aliphatic carbocycles. The zero-order chi connectivity index (χ0) is 12.4. The second-order valence-corrected chi connectivity index (χ2v) is 5.56. The van der Waals surface area contributed by atoms with Crippen LogP contribution in [0.2, 0.25) is 0 Å². The average Bonchev–Trinajstić information content (AvgIpc) is 3.10. The molecule has 3 N–H and O–H groups in total. The summed E-state index contributed by atoms with van der Waals surface area (Å²) in [4.78, 5) is 2.28. The van der Waals surface area contributed by atoms with Gasteiger partial charge in [-0.1, -0.05) is 15.9 Å². The molecular weight excluding hydrogens is 280 g/mol. The fourth-order valence-corrected chi connectivity index (χ4v) is 2.52. The molecule has 0 heterocycles. The van der Waals surface area contributed by atoms with Gasteiger partial charge in [-0.25, -0.2) is 0 Å². The fraction of sp³-hybridized carbons (Fsp3) is 0.538. The van der Waals surface area contributed by atoms with Crippen molar-refractivity contribution >= 4 is 21.6 Å². The Hall–Kier alpha value is -0.580. The molecular formula is C13H19BrN2O. The van der Waals surface area contributed by atoms with Crippen molar-refractivity contribution in [3.8, 4) is 0 Å². The topological polar surface area (TPSA) is 49.5 Å². The number of hydrogen-bond donors (Lipinski definition) is 2. The zero-order valence-corrected chi connectivity index (χ0v) is 11.7. The largest absolute Gasteiger partial charge is 0.395 e. The van der Waals surface area contributed by atoms with Crippen LogP contribution in [0.3, 0.4) is 0 Å². The summed E-state index contributed by atoms with van der Waals surface area (Å²) in [6, 6.07) is 6.79. The smallest absolute Gasteiger partial charge is 0.0606 e. The molecule has 1 aliphatic rings. The molecule has 1 aromatic rings. The molecule has 0 saturated heterocycles. The Kier molecular flexibility index (Phi) is 4.07. The van der Waals surface area contributed by atoms with E-state index in [0.717, 1.165) is 10.0 Å². The maximum atomic E-state index is 9.18. The van der Waals surface area contributed by atoms with Crippen LogP contribution in [0.25, 0.3) is 0 Å². The van der Waals surface area contributed by atoms with Gasteiger partial charge in [0, 0.05) is 28.8 Å². The van der Waals surface area contributed by atoms with Crippen molar-refractivity contribution in [2.45, 2.75) is 31.8 Å². The van der Waals surface area contributed by atoms with Gasteiger partial charge in [0.15, 0.2) is 0 Å². The lowest BCUT2D eigenvalue weighted by Gasteiger charge is -2.27. The van der Waals surface area contributed by atoms with Gasteiger partial charge >= 0.3 is 0 Å². The molecule has 0 bridgehead atoms. The van der Waals surface area contributed by atoms with Crippen molar-refractivity contribution in [1.82, 2.24) is 0 Å². The Labute approximate surface area is 111 Å². The molecule has 1 atom stereocenters. The van der Waals surface area contributed by atoms with Crippen LogP contribution in [0.4, 0.5) is 5.69 Å². The number of halogens is 1. The first-order valence-corrected chi connectivity index (χ1v) is 6.85. The standard InChI is InChI=1S/C13H19BrN2O/c1-9(15)12-8-10(14)2-5-13(12)16(6-7-17)11-3-4-11/h2,5,8-9,11,17H,3-4,6-7,15H2,1H3. The average molecular weight is 299 g/mol. The highest BCUT2D eigenvalue weighted by Crippen LogP contribution is 2.36. The highest BCUT2D eigenvalue weighted by Gasteiger charge is 2.30. The Morgan fingerprint density at radius 1 is 1.53 bits per heavy atom. The van der Waals surface area contributed by atoms with Crippen LogP contribution in [-0.4, -0.2) is 24.3 Å². The van der Waals surface area contributed by atoms with Gasteiger partial charge in [-0.2, -0.15) is 0 Å². The van der Waals surface area contributed by atoms with E-state index in [1.54, 1.807) is 0 Å². The first-order chi connectivity index (χ1) is 8.13. The maximum absolute atomic E-state index is 9.18. The highest BCUT2D eigenvalue weighted by molar-refractivity contribution is 9.10. The predicted octanol–water partition coefficient (Wildman–Crippen LogP) is 2.43. The molecule has 1 fully saturated rings. The van der Waals surface area contributed by atoms with Gasteiger partial charge in [-0.05, 0) is 43.5 Å². The minimum absolute atomic E-state index is 0.00226. The summed E-state index contributed by atoms with van der Waals surface area (Å²) < 4.78 is 1.05. The number of aliphatic hydroxyl groups excluding tert-OH is 1. The predicted molar refractivity (Wildman–Crippen MR) is 74.2 cm³/mol. The summed E-state index contributed by atoms with van der Waals surface area (Å²) >= 11 is 3.48. The van der Waals surface area contributed by atoms with E-state index >= 15 is 0 Å². The third kappa shape index (κ3) is 3.00. The lowest BCUT2D eigenvalue weighted by Crippen LogP contribution is -2.30. The lowest BCUT2D eigenvalue weighted by atomic mass is 10.1. The van der Waals surface area contributed by atoms with Gasteiger partial charge in [0.2, 0.25) is 0 Å². The van der Waals surface area contributed by atoms with E-state index in [1.165, 1.54) is 18.5 Å². The minimum Gasteiger partial charge on any atom is -0.395 e. The first-order valence-electron chi connectivity index (χ1n) is 6.06. The van der Waals surface area contributed by atoms with Crippen LogP contribution in [0, 0.1) is 0 Å². The second kappa shape index (κ2) is 5.38. The summed E-state index contributed by atoms with van der Waals surface area (Å²) in [6.45, 7) is 2.87. The van der Waals surface area contributed by atoms with Crippen molar-refractivity contribution in [2.24, 2.45) is 5.73 Å². The number of benzene rings is 1. The molecule has 0 radical (unpaired) electrons. The SMILES string of the molecule is CC(N)c1cc(Br)ccc1N(CCO)C1CC1. The second-order valence-electron chi connectivity index (χ2n) is 4.64. The normalized spacial score (nSPS) is 16.9. The van der Waals surface area contributed by atoms with Crippen molar-refractivity contribution in [2.75, 3.05) is 18.1 Å². The summed E-state index contributed by atoms with van der Waals surface area (Å²) in [5, 5.41) is 9.18. The third-order valence-electron chi connectivity index (χ3n) is 3.12. The summed E-state index contributed by atoms with van der Waals surface area (Å²) in [7, 11) is 0. The Morgan fingerprint density at radius 3 is 2.76 bits per heavy atom. The Balaban J connectivity index is 2.34. The van der Waals surface area contributed by atoms with Crippen molar-refractivity contribution in [1.29, 1.82) is 0 Å². The van der Waals surface area contributed by atoms with Crippen LogP contribution in [0.15, 0.2) is 22.7 Å². The quantitative estimate of drug-likeness (QED) is 0.878. The zero-order valence-electron chi connectivity index (χ0n) is 10.1. The lowest BCUT2D eigenvalue weighted by molar-refractivity contribution is 0.301. The van der Waals surface area contributed by atoms with E-state index in [2.05, 4.69) is 33.0 Å². The maximum Gasteiger partial charge on any atom is 0.0606 e. The van der Waals surface area contributed by atoms with Crippen molar-refractivity contribution in [3.05, 3.63) is 28.2 Å². The van der Waals surface area contributed by atoms with Gasteiger partial charge in [0.1, 0.15) is 0 Å². The first kappa shape index (κ1) is 12.9.